The van der Waals surface area contributed by atoms with E-state index in [4.69, 9.17) is 4.98 Å². The van der Waals surface area contributed by atoms with Crippen LogP contribution in [-0.4, -0.2) is 35.0 Å². The van der Waals surface area contributed by atoms with Crippen LogP contribution in [0.3, 0.4) is 0 Å². The third kappa shape index (κ3) is 5.29. The Bertz CT molecular complexity index is 1540. The molecule has 1 fully saturated rings. The van der Waals surface area contributed by atoms with Gasteiger partial charge in [-0.15, -0.1) is 0 Å². The smallest absolute Gasteiger partial charge is 0.255 e. The highest BCUT2D eigenvalue weighted by Gasteiger charge is 2.16. The highest BCUT2D eigenvalue weighted by molar-refractivity contribution is 7.21. The number of carbonyl (C=O) groups excluding carboxylic acids is 1. The summed E-state index contributed by atoms with van der Waals surface area (Å²) in [5.74, 6) is -0.153. The minimum Gasteiger partial charge on any atom is -0.321 e. The Morgan fingerprint density at radius 2 is 1.81 bits per heavy atom. The van der Waals surface area contributed by atoms with Gasteiger partial charge in [-0.1, -0.05) is 65.9 Å². The maximum absolute atomic E-state index is 13.2. The van der Waals surface area contributed by atoms with Gasteiger partial charge in [0.2, 0.25) is 0 Å². The van der Waals surface area contributed by atoms with Gasteiger partial charge in [-0.2, -0.15) is 0 Å². The minimum atomic E-state index is -0.153. The van der Waals surface area contributed by atoms with E-state index < -0.39 is 0 Å². The van der Waals surface area contributed by atoms with E-state index in [9.17, 15) is 4.79 Å². The number of hydrogen-bond donors (Lipinski definition) is 3. The molecule has 6 rings (SSSR count). The zero-order valence-electron chi connectivity index (χ0n) is 20.3. The number of fused-ring (bicyclic) bond motifs is 1. The molecular formula is C30H27N5OS. The molecule has 1 saturated heterocycles. The van der Waals surface area contributed by atoms with Crippen LogP contribution in [0, 0.1) is 0 Å². The summed E-state index contributed by atoms with van der Waals surface area (Å²) in [4.78, 5) is 23.7. The number of carbonyl (C=O) groups is 1. The first kappa shape index (κ1) is 23.5. The fraction of sp³-hybridized carbons (Fsp3) is 0.167. The molecule has 2 aromatic heterocycles. The first-order valence-electron chi connectivity index (χ1n) is 12.5. The molecule has 1 aliphatic heterocycles. The number of anilines is 1. The average Bonchev–Trinajstić information content (AvgIpc) is 3.62. The van der Waals surface area contributed by atoms with Crippen molar-refractivity contribution in [3.63, 3.8) is 0 Å². The van der Waals surface area contributed by atoms with Crippen molar-refractivity contribution in [2.24, 2.45) is 0 Å². The van der Waals surface area contributed by atoms with E-state index >= 15 is 0 Å². The van der Waals surface area contributed by atoms with Crippen LogP contribution in [0.5, 0.6) is 0 Å². The summed E-state index contributed by atoms with van der Waals surface area (Å²) in [6.07, 6.45) is 3.07. The third-order valence-corrected chi connectivity index (χ3v) is 7.61. The molecule has 3 aromatic carbocycles. The second-order valence-corrected chi connectivity index (χ2v) is 10.2. The topological polar surface area (TPSA) is 78.9 Å². The molecule has 1 aliphatic rings. The van der Waals surface area contributed by atoms with E-state index in [0.29, 0.717) is 11.6 Å². The number of nitrogens with zero attached hydrogens (tertiary/aromatic N) is 2. The molecule has 3 N–H and O–H groups in total. The van der Waals surface area contributed by atoms with Crippen molar-refractivity contribution in [1.29, 1.82) is 0 Å². The number of thiazole rings is 1. The van der Waals surface area contributed by atoms with Crippen molar-refractivity contribution in [3.05, 3.63) is 102 Å². The van der Waals surface area contributed by atoms with Gasteiger partial charge < -0.3 is 16.0 Å². The summed E-state index contributed by atoms with van der Waals surface area (Å²) >= 11 is 1.54. The number of para-hydroxylation sites is 1. The lowest BCUT2D eigenvalue weighted by atomic mass is 10.0. The summed E-state index contributed by atoms with van der Waals surface area (Å²) in [6, 6.07) is 28.2. The van der Waals surface area contributed by atoms with Crippen LogP contribution < -0.4 is 16.0 Å². The van der Waals surface area contributed by atoms with E-state index in [0.717, 1.165) is 69.4 Å². The molecule has 1 amide bonds. The first-order chi connectivity index (χ1) is 18.2. The van der Waals surface area contributed by atoms with Gasteiger partial charge >= 0.3 is 0 Å². The van der Waals surface area contributed by atoms with Crippen molar-refractivity contribution in [2.45, 2.75) is 19.0 Å². The standard InChI is InChI=1S/C30H27N5OS/c36-28(23-10-6-9-22(16-23)21-7-2-1-3-8-21)34-26-12-5-4-11-25(26)29-35-27-15-20(18-33-30(27)37-29)17-32-24-13-14-31-19-24/h1-12,15-16,18,24,31-32H,13-14,17,19H2,(H,34,36)/t24-/m0/s1. The number of rotatable bonds is 7. The van der Waals surface area contributed by atoms with E-state index in [1.807, 2.05) is 85.1 Å². The second-order valence-electron chi connectivity index (χ2n) is 9.20. The Kier molecular flexibility index (Phi) is 6.73. The van der Waals surface area contributed by atoms with Gasteiger partial charge in [-0.3, -0.25) is 4.79 Å². The van der Waals surface area contributed by atoms with E-state index in [1.165, 1.54) is 11.3 Å². The normalized spacial score (nSPS) is 15.2. The molecule has 0 aliphatic carbocycles. The van der Waals surface area contributed by atoms with Gasteiger partial charge in [0.1, 0.15) is 15.4 Å². The van der Waals surface area contributed by atoms with E-state index in [1.54, 1.807) is 0 Å². The van der Waals surface area contributed by atoms with Crippen LogP contribution in [0.25, 0.3) is 32.0 Å². The number of hydrogen-bond acceptors (Lipinski definition) is 6. The Labute approximate surface area is 219 Å². The van der Waals surface area contributed by atoms with Crippen molar-refractivity contribution in [2.75, 3.05) is 18.4 Å². The lowest BCUT2D eigenvalue weighted by Gasteiger charge is -2.10. The van der Waals surface area contributed by atoms with E-state index in [2.05, 4.69) is 27.0 Å². The second kappa shape index (κ2) is 10.6. The predicted octanol–water partition coefficient (Wildman–Crippen LogP) is 5.73. The Hall–Kier alpha value is -3.91. The number of pyridine rings is 1. The minimum absolute atomic E-state index is 0.153. The van der Waals surface area contributed by atoms with Gasteiger partial charge in [-0.05, 0) is 60.0 Å². The number of benzene rings is 3. The third-order valence-electron chi connectivity index (χ3n) is 6.60. The molecule has 6 nitrogen and oxygen atoms in total. The van der Waals surface area contributed by atoms with Gasteiger partial charge in [0.25, 0.3) is 5.91 Å². The molecule has 37 heavy (non-hydrogen) atoms. The lowest BCUT2D eigenvalue weighted by Crippen LogP contribution is -2.30. The molecule has 0 bridgehead atoms. The molecule has 3 heterocycles. The maximum Gasteiger partial charge on any atom is 0.255 e. The highest BCUT2D eigenvalue weighted by Crippen LogP contribution is 2.34. The Morgan fingerprint density at radius 3 is 2.68 bits per heavy atom. The zero-order chi connectivity index (χ0) is 25.0. The largest absolute Gasteiger partial charge is 0.321 e. The predicted molar refractivity (Wildman–Crippen MR) is 151 cm³/mol. The van der Waals surface area contributed by atoms with Gasteiger partial charge in [0, 0.05) is 36.5 Å². The van der Waals surface area contributed by atoms with Crippen LogP contribution >= 0.6 is 11.3 Å². The van der Waals surface area contributed by atoms with Crippen molar-refractivity contribution in [1.82, 2.24) is 20.6 Å². The maximum atomic E-state index is 13.2. The first-order valence-corrected chi connectivity index (χ1v) is 13.3. The molecule has 0 spiro atoms. The fourth-order valence-electron chi connectivity index (χ4n) is 4.61. The monoisotopic (exact) mass is 505 g/mol. The molecule has 7 heteroatoms. The Balaban J connectivity index is 1.23. The lowest BCUT2D eigenvalue weighted by molar-refractivity contribution is 0.102. The molecule has 0 radical (unpaired) electrons. The SMILES string of the molecule is O=C(Nc1ccccc1-c1nc2cc(CN[C@H]3CCNC3)cnc2s1)c1cccc(-c2ccccc2)c1. The number of amides is 1. The van der Waals surface area contributed by atoms with Crippen LogP contribution in [0.4, 0.5) is 5.69 Å². The van der Waals surface area contributed by atoms with Crippen LogP contribution in [0.15, 0.2) is 91.1 Å². The quantitative estimate of drug-likeness (QED) is 0.263. The molecule has 5 aromatic rings. The summed E-state index contributed by atoms with van der Waals surface area (Å²) in [5.41, 5.74) is 6.30. The summed E-state index contributed by atoms with van der Waals surface area (Å²) in [7, 11) is 0. The molecular weight excluding hydrogens is 478 g/mol. The zero-order valence-corrected chi connectivity index (χ0v) is 21.1. The average molecular weight is 506 g/mol. The molecule has 0 unspecified atom stereocenters. The number of aromatic nitrogens is 2. The van der Waals surface area contributed by atoms with Crippen molar-refractivity contribution >= 4 is 33.3 Å². The fourth-order valence-corrected chi connectivity index (χ4v) is 5.54. The molecule has 0 saturated carbocycles. The highest BCUT2D eigenvalue weighted by atomic mass is 32.1. The molecule has 184 valence electrons. The number of nitrogens with one attached hydrogen (secondary N) is 3. The van der Waals surface area contributed by atoms with Crippen molar-refractivity contribution < 1.29 is 4.79 Å². The van der Waals surface area contributed by atoms with Crippen LogP contribution in [0.2, 0.25) is 0 Å². The summed E-state index contributed by atoms with van der Waals surface area (Å²) in [5, 5.41) is 10.9. The van der Waals surface area contributed by atoms with Crippen molar-refractivity contribution in [3.8, 4) is 21.7 Å². The van der Waals surface area contributed by atoms with Crippen LogP contribution in [-0.2, 0) is 6.54 Å². The van der Waals surface area contributed by atoms with Gasteiger partial charge in [-0.25, -0.2) is 9.97 Å². The Morgan fingerprint density at radius 1 is 0.973 bits per heavy atom. The van der Waals surface area contributed by atoms with Gasteiger partial charge in [0.05, 0.1) is 5.69 Å². The van der Waals surface area contributed by atoms with E-state index in [-0.39, 0.29) is 5.91 Å². The van der Waals surface area contributed by atoms with Gasteiger partial charge in [0.15, 0.2) is 0 Å². The van der Waals surface area contributed by atoms with Crippen LogP contribution in [0.1, 0.15) is 22.3 Å². The summed E-state index contributed by atoms with van der Waals surface area (Å²) in [6.45, 7) is 2.85. The molecule has 1 atom stereocenters. The summed E-state index contributed by atoms with van der Waals surface area (Å²) < 4.78 is 0.